The number of aromatic nitrogens is 2. The first-order valence-electron chi connectivity index (χ1n) is 9.83. The van der Waals surface area contributed by atoms with Gasteiger partial charge in [-0.2, -0.15) is 0 Å². The molecule has 5 nitrogen and oxygen atoms in total. The molecule has 0 spiro atoms. The first kappa shape index (κ1) is 19.1. The van der Waals surface area contributed by atoms with Crippen molar-refractivity contribution in [1.82, 2.24) is 15.3 Å². The summed E-state index contributed by atoms with van der Waals surface area (Å²) < 4.78 is 13.2. The fourth-order valence-corrected chi connectivity index (χ4v) is 3.60. The number of carbonyl (C=O) groups excluding carboxylic acids is 1. The van der Waals surface area contributed by atoms with Crippen molar-refractivity contribution in [2.24, 2.45) is 5.92 Å². The summed E-state index contributed by atoms with van der Waals surface area (Å²) in [7, 11) is 0. The van der Waals surface area contributed by atoms with Crippen LogP contribution in [0.15, 0.2) is 67.0 Å². The standard InChI is InChI=1S/C23H23FN4O/c24-20-8-6-18(7-9-20)21-14-22(27-16-26-21)28-12-10-19(11-13-28)23(29)25-15-17-4-2-1-3-5-17/h1-9,14,16,19H,10-13,15H2,(H,25,29). The zero-order chi connectivity index (χ0) is 20.1. The average molecular weight is 390 g/mol. The van der Waals surface area contributed by atoms with Crippen molar-refractivity contribution in [3.05, 3.63) is 78.4 Å². The van der Waals surface area contributed by atoms with Crippen molar-refractivity contribution in [1.29, 1.82) is 0 Å². The largest absolute Gasteiger partial charge is 0.356 e. The molecule has 0 atom stereocenters. The van der Waals surface area contributed by atoms with Crippen LogP contribution >= 0.6 is 0 Å². The Bertz CT molecular complexity index is 954. The molecule has 0 radical (unpaired) electrons. The van der Waals surface area contributed by atoms with Crippen LogP contribution in [0.2, 0.25) is 0 Å². The minimum absolute atomic E-state index is 0.0216. The zero-order valence-corrected chi connectivity index (χ0v) is 16.1. The van der Waals surface area contributed by atoms with Crippen molar-refractivity contribution >= 4 is 11.7 Å². The lowest BCUT2D eigenvalue weighted by Crippen LogP contribution is -2.40. The number of piperidine rings is 1. The number of amides is 1. The molecule has 1 fully saturated rings. The minimum Gasteiger partial charge on any atom is -0.356 e. The van der Waals surface area contributed by atoms with Gasteiger partial charge in [-0.25, -0.2) is 14.4 Å². The van der Waals surface area contributed by atoms with E-state index in [1.165, 1.54) is 18.5 Å². The fourth-order valence-electron chi connectivity index (χ4n) is 3.60. The Morgan fingerprint density at radius 1 is 1.03 bits per heavy atom. The number of nitrogens with one attached hydrogen (secondary N) is 1. The number of halogens is 1. The lowest BCUT2D eigenvalue weighted by atomic mass is 9.95. The molecule has 1 aromatic heterocycles. The van der Waals surface area contributed by atoms with E-state index in [1.807, 2.05) is 36.4 Å². The molecule has 1 N–H and O–H groups in total. The van der Waals surface area contributed by atoms with E-state index in [9.17, 15) is 9.18 Å². The second-order valence-electron chi connectivity index (χ2n) is 7.23. The first-order valence-corrected chi connectivity index (χ1v) is 9.83. The van der Waals surface area contributed by atoms with Crippen molar-refractivity contribution in [2.75, 3.05) is 18.0 Å². The molecule has 29 heavy (non-hydrogen) atoms. The summed E-state index contributed by atoms with van der Waals surface area (Å²) in [6, 6.07) is 18.1. The van der Waals surface area contributed by atoms with Gasteiger partial charge >= 0.3 is 0 Å². The Hall–Kier alpha value is -3.28. The normalized spacial score (nSPS) is 14.6. The van der Waals surface area contributed by atoms with Crippen LogP contribution in [0.4, 0.5) is 10.2 Å². The number of nitrogens with zero attached hydrogens (tertiary/aromatic N) is 3. The van der Waals surface area contributed by atoms with E-state index in [1.54, 1.807) is 12.1 Å². The van der Waals surface area contributed by atoms with Crippen LogP contribution in [0, 0.1) is 11.7 Å². The van der Waals surface area contributed by atoms with Crippen molar-refractivity contribution in [3.8, 4) is 11.3 Å². The maximum Gasteiger partial charge on any atom is 0.223 e. The highest BCUT2D eigenvalue weighted by molar-refractivity contribution is 5.79. The molecule has 148 valence electrons. The SMILES string of the molecule is O=C(NCc1ccccc1)C1CCN(c2cc(-c3ccc(F)cc3)ncn2)CC1. The predicted molar refractivity (Wildman–Crippen MR) is 111 cm³/mol. The van der Waals surface area contributed by atoms with Crippen molar-refractivity contribution < 1.29 is 9.18 Å². The summed E-state index contributed by atoms with van der Waals surface area (Å²) in [5, 5.41) is 3.04. The average Bonchev–Trinajstić information content (AvgIpc) is 2.79. The minimum atomic E-state index is -0.268. The van der Waals surface area contributed by atoms with Crippen molar-refractivity contribution in [2.45, 2.75) is 19.4 Å². The fraction of sp³-hybridized carbons (Fsp3) is 0.261. The molecule has 0 aliphatic carbocycles. The molecule has 0 bridgehead atoms. The molecule has 1 amide bonds. The molecular formula is C23H23FN4O. The molecule has 6 heteroatoms. The van der Waals surface area contributed by atoms with E-state index < -0.39 is 0 Å². The molecule has 1 aliphatic heterocycles. The van der Waals surface area contributed by atoms with E-state index in [-0.39, 0.29) is 17.6 Å². The molecule has 1 saturated heterocycles. The van der Waals surface area contributed by atoms with Crippen LogP contribution in [0.5, 0.6) is 0 Å². The van der Waals surface area contributed by atoms with E-state index in [0.717, 1.165) is 48.6 Å². The third kappa shape index (κ3) is 4.77. The van der Waals surface area contributed by atoms with E-state index in [0.29, 0.717) is 6.54 Å². The Labute approximate surface area is 169 Å². The summed E-state index contributed by atoms with van der Waals surface area (Å²) in [4.78, 5) is 23.4. The van der Waals surface area contributed by atoms with E-state index in [2.05, 4.69) is 20.2 Å². The van der Waals surface area contributed by atoms with Crippen LogP contribution in [0.25, 0.3) is 11.3 Å². The van der Waals surface area contributed by atoms with Gasteiger partial charge in [0.15, 0.2) is 0 Å². The van der Waals surface area contributed by atoms with Gasteiger partial charge in [-0.1, -0.05) is 30.3 Å². The molecule has 0 unspecified atom stereocenters. The number of rotatable bonds is 5. The number of benzene rings is 2. The second kappa shape index (κ2) is 8.82. The Kier molecular flexibility index (Phi) is 5.79. The molecule has 3 aromatic rings. The molecule has 0 saturated carbocycles. The highest BCUT2D eigenvalue weighted by Gasteiger charge is 2.25. The van der Waals surface area contributed by atoms with Crippen LogP contribution in [-0.2, 0) is 11.3 Å². The van der Waals surface area contributed by atoms with E-state index >= 15 is 0 Å². The maximum atomic E-state index is 13.2. The Morgan fingerprint density at radius 2 is 1.76 bits per heavy atom. The van der Waals surface area contributed by atoms with Gasteiger partial charge < -0.3 is 10.2 Å². The first-order chi connectivity index (χ1) is 14.2. The topological polar surface area (TPSA) is 58.1 Å². The molecule has 1 aliphatic rings. The maximum absolute atomic E-state index is 13.2. The van der Waals surface area contributed by atoms with E-state index in [4.69, 9.17) is 0 Å². The lowest BCUT2D eigenvalue weighted by Gasteiger charge is -2.32. The lowest BCUT2D eigenvalue weighted by molar-refractivity contribution is -0.125. The van der Waals surface area contributed by atoms with Crippen LogP contribution in [0.3, 0.4) is 0 Å². The van der Waals surface area contributed by atoms with Gasteiger partial charge in [-0.3, -0.25) is 4.79 Å². The number of anilines is 1. The van der Waals surface area contributed by atoms with Gasteiger partial charge in [0, 0.05) is 37.2 Å². The third-order valence-electron chi connectivity index (χ3n) is 5.29. The molecular weight excluding hydrogens is 367 g/mol. The zero-order valence-electron chi connectivity index (χ0n) is 16.1. The highest BCUT2D eigenvalue weighted by atomic mass is 19.1. The highest BCUT2D eigenvalue weighted by Crippen LogP contribution is 2.25. The Balaban J connectivity index is 1.34. The molecule has 2 heterocycles. The van der Waals surface area contributed by atoms with Gasteiger partial charge in [0.1, 0.15) is 18.0 Å². The molecule has 2 aromatic carbocycles. The van der Waals surface area contributed by atoms with Gasteiger partial charge in [0.05, 0.1) is 5.69 Å². The smallest absolute Gasteiger partial charge is 0.223 e. The van der Waals surface area contributed by atoms with Crippen LogP contribution in [0.1, 0.15) is 18.4 Å². The summed E-state index contributed by atoms with van der Waals surface area (Å²) in [6.45, 7) is 2.10. The van der Waals surface area contributed by atoms with Crippen LogP contribution in [-0.4, -0.2) is 29.0 Å². The van der Waals surface area contributed by atoms with Gasteiger partial charge in [0.2, 0.25) is 5.91 Å². The Morgan fingerprint density at radius 3 is 2.48 bits per heavy atom. The summed E-state index contributed by atoms with van der Waals surface area (Å²) in [5.41, 5.74) is 2.72. The number of hydrogen-bond donors (Lipinski definition) is 1. The summed E-state index contributed by atoms with van der Waals surface area (Å²) in [6.07, 6.45) is 3.11. The van der Waals surface area contributed by atoms with Gasteiger partial charge in [-0.05, 0) is 42.7 Å². The van der Waals surface area contributed by atoms with Gasteiger partial charge in [-0.15, -0.1) is 0 Å². The second-order valence-corrected chi connectivity index (χ2v) is 7.23. The number of carbonyl (C=O) groups is 1. The molecule has 4 rings (SSSR count). The quantitative estimate of drug-likeness (QED) is 0.720. The van der Waals surface area contributed by atoms with Gasteiger partial charge in [0.25, 0.3) is 0 Å². The number of hydrogen-bond acceptors (Lipinski definition) is 4. The summed E-state index contributed by atoms with van der Waals surface area (Å²) >= 11 is 0. The monoisotopic (exact) mass is 390 g/mol. The third-order valence-corrected chi connectivity index (χ3v) is 5.29. The van der Waals surface area contributed by atoms with Crippen molar-refractivity contribution in [3.63, 3.8) is 0 Å². The predicted octanol–water partition coefficient (Wildman–Crippen LogP) is 3.82. The summed E-state index contributed by atoms with van der Waals surface area (Å²) in [5.74, 6) is 0.703. The van der Waals surface area contributed by atoms with Crippen LogP contribution < -0.4 is 10.2 Å².